The van der Waals surface area contributed by atoms with Crippen LogP contribution in [0.4, 0.5) is 0 Å². The van der Waals surface area contributed by atoms with Crippen molar-refractivity contribution < 1.29 is 14.3 Å². The van der Waals surface area contributed by atoms with Crippen LogP contribution in [0.25, 0.3) is 0 Å². The molecular weight excluding hydrogens is 364 g/mol. The highest BCUT2D eigenvalue weighted by Gasteiger charge is 2.21. The molecule has 1 atom stereocenters. The van der Waals surface area contributed by atoms with Gasteiger partial charge in [-0.3, -0.25) is 4.79 Å². The molecule has 0 spiro atoms. The number of methoxy groups -OCH3 is 1. The molecule has 2 aliphatic rings. The molecule has 0 aliphatic carbocycles. The number of amides is 1. The van der Waals surface area contributed by atoms with E-state index < -0.39 is 0 Å². The summed E-state index contributed by atoms with van der Waals surface area (Å²) in [4.78, 5) is 14.9. The number of carbonyl (C=O) groups is 1. The molecule has 1 fully saturated rings. The Morgan fingerprint density at radius 3 is 2.79 bits per heavy atom. The lowest BCUT2D eigenvalue weighted by molar-refractivity contribution is -0.131. The predicted octanol–water partition coefficient (Wildman–Crippen LogP) is 3.20. The maximum Gasteiger partial charge on any atom is 0.227 e. The third kappa shape index (κ3) is 4.91. The van der Waals surface area contributed by atoms with Gasteiger partial charge in [-0.05, 0) is 55.5 Å². The minimum absolute atomic E-state index is 0.161. The first kappa shape index (κ1) is 19.8. The Morgan fingerprint density at radius 2 is 2.03 bits per heavy atom. The molecule has 154 valence electrons. The van der Waals surface area contributed by atoms with Gasteiger partial charge in [0, 0.05) is 18.7 Å². The highest BCUT2D eigenvalue weighted by Crippen LogP contribution is 2.33. The van der Waals surface area contributed by atoms with E-state index in [1.807, 2.05) is 23.1 Å². The van der Waals surface area contributed by atoms with Crippen molar-refractivity contribution in [1.29, 1.82) is 0 Å². The van der Waals surface area contributed by atoms with Gasteiger partial charge in [-0.15, -0.1) is 0 Å². The van der Waals surface area contributed by atoms with Crippen LogP contribution in [-0.4, -0.2) is 44.2 Å². The molecule has 0 aromatic heterocycles. The van der Waals surface area contributed by atoms with Crippen molar-refractivity contribution in [1.82, 2.24) is 10.2 Å². The largest absolute Gasteiger partial charge is 0.493 e. The second kappa shape index (κ2) is 9.31. The monoisotopic (exact) mass is 394 g/mol. The average molecular weight is 395 g/mol. The fraction of sp³-hybridized carbons (Fsp3) is 0.458. The summed E-state index contributed by atoms with van der Waals surface area (Å²) in [6.45, 7) is 4.10. The Morgan fingerprint density at radius 1 is 1.21 bits per heavy atom. The summed E-state index contributed by atoms with van der Waals surface area (Å²) in [5.41, 5.74) is 3.43. The van der Waals surface area contributed by atoms with Gasteiger partial charge in [0.15, 0.2) is 11.5 Å². The van der Waals surface area contributed by atoms with E-state index in [-0.39, 0.29) is 5.91 Å². The highest BCUT2D eigenvalue weighted by molar-refractivity contribution is 5.79. The van der Waals surface area contributed by atoms with Crippen LogP contribution in [0.15, 0.2) is 42.5 Å². The van der Waals surface area contributed by atoms with E-state index in [9.17, 15) is 4.79 Å². The molecule has 29 heavy (non-hydrogen) atoms. The molecule has 5 nitrogen and oxygen atoms in total. The van der Waals surface area contributed by atoms with Crippen LogP contribution in [0.1, 0.15) is 29.5 Å². The molecule has 0 radical (unpaired) electrons. The fourth-order valence-corrected chi connectivity index (χ4v) is 4.24. The van der Waals surface area contributed by atoms with E-state index in [0.717, 1.165) is 54.5 Å². The van der Waals surface area contributed by atoms with Crippen LogP contribution in [-0.2, 0) is 24.2 Å². The average Bonchev–Trinajstić information content (AvgIpc) is 3.22. The molecule has 2 aromatic carbocycles. The number of fused-ring (bicyclic) bond motifs is 1. The molecule has 1 saturated heterocycles. The van der Waals surface area contributed by atoms with Gasteiger partial charge >= 0.3 is 0 Å². The van der Waals surface area contributed by atoms with Crippen molar-refractivity contribution in [3.8, 4) is 11.5 Å². The van der Waals surface area contributed by atoms with Crippen LogP contribution in [0.2, 0.25) is 0 Å². The summed E-state index contributed by atoms with van der Waals surface area (Å²) < 4.78 is 11.3. The van der Waals surface area contributed by atoms with Crippen molar-refractivity contribution in [2.45, 2.75) is 32.2 Å². The summed E-state index contributed by atoms with van der Waals surface area (Å²) in [7, 11) is 1.65. The van der Waals surface area contributed by atoms with Gasteiger partial charge in [-0.1, -0.05) is 36.4 Å². The zero-order valence-electron chi connectivity index (χ0n) is 17.2. The molecule has 4 rings (SSSR count). The highest BCUT2D eigenvalue weighted by atomic mass is 16.5. The van der Waals surface area contributed by atoms with Gasteiger partial charge in [-0.2, -0.15) is 0 Å². The Bertz CT molecular complexity index is 829. The van der Waals surface area contributed by atoms with Crippen molar-refractivity contribution in [2.24, 2.45) is 5.92 Å². The number of nitrogens with one attached hydrogen (secondary N) is 1. The van der Waals surface area contributed by atoms with E-state index >= 15 is 0 Å². The number of nitrogens with zero attached hydrogens (tertiary/aromatic N) is 1. The minimum Gasteiger partial charge on any atom is -0.493 e. The lowest BCUT2D eigenvalue weighted by Crippen LogP contribution is -2.34. The van der Waals surface area contributed by atoms with Crippen LogP contribution >= 0.6 is 0 Å². The summed E-state index contributed by atoms with van der Waals surface area (Å²) in [5.74, 6) is 2.39. The normalized spacial score (nSPS) is 19.1. The number of para-hydroxylation sites is 1. The molecule has 0 bridgehead atoms. The van der Waals surface area contributed by atoms with Crippen molar-refractivity contribution >= 4 is 5.91 Å². The fourth-order valence-electron chi connectivity index (χ4n) is 4.24. The van der Waals surface area contributed by atoms with Crippen molar-refractivity contribution in [3.05, 3.63) is 59.2 Å². The first-order valence-electron chi connectivity index (χ1n) is 10.6. The SMILES string of the molecule is COc1cccc2c1OCCCN(C(=O)Cc1ccc(CC3CCNC3)cc1)C2. The summed E-state index contributed by atoms with van der Waals surface area (Å²) in [5, 5.41) is 3.42. The third-order valence-corrected chi connectivity index (χ3v) is 5.88. The Balaban J connectivity index is 1.40. The predicted molar refractivity (Wildman–Crippen MR) is 113 cm³/mol. The molecule has 5 heteroatoms. The van der Waals surface area contributed by atoms with Gasteiger partial charge < -0.3 is 19.7 Å². The summed E-state index contributed by atoms with van der Waals surface area (Å²) in [6.07, 6.45) is 3.63. The molecule has 1 amide bonds. The first-order valence-corrected chi connectivity index (χ1v) is 10.6. The van der Waals surface area contributed by atoms with E-state index in [4.69, 9.17) is 9.47 Å². The first-order chi connectivity index (χ1) is 14.2. The molecular formula is C24H30N2O3. The third-order valence-electron chi connectivity index (χ3n) is 5.88. The quantitative estimate of drug-likeness (QED) is 0.846. The maximum absolute atomic E-state index is 13.0. The van der Waals surface area contributed by atoms with E-state index in [0.29, 0.717) is 26.1 Å². The van der Waals surface area contributed by atoms with Crippen LogP contribution < -0.4 is 14.8 Å². The van der Waals surface area contributed by atoms with Gasteiger partial charge in [0.2, 0.25) is 5.91 Å². The van der Waals surface area contributed by atoms with Crippen LogP contribution in [0.5, 0.6) is 11.5 Å². The Hall–Kier alpha value is -2.53. The zero-order valence-corrected chi connectivity index (χ0v) is 17.2. The smallest absolute Gasteiger partial charge is 0.227 e. The van der Waals surface area contributed by atoms with E-state index in [1.165, 1.54) is 12.0 Å². The minimum atomic E-state index is 0.161. The number of carbonyl (C=O) groups excluding carboxylic acids is 1. The van der Waals surface area contributed by atoms with E-state index in [2.05, 4.69) is 29.6 Å². The van der Waals surface area contributed by atoms with Crippen LogP contribution in [0.3, 0.4) is 0 Å². The Labute approximate surface area is 173 Å². The molecule has 2 aromatic rings. The van der Waals surface area contributed by atoms with E-state index in [1.54, 1.807) is 7.11 Å². The maximum atomic E-state index is 13.0. The van der Waals surface area contributed by atoms with Gasteiger partial charge in [0.05, 0.1) is 20.1 Å². The molecule has 2 aliphatic heterocycles. The summed E-state index contributed by atoms with van der Waals surface area (Å²) in [6, 6.07) is 14.4. The zero-order chi connectivity index (χ0) is 20.1. The standard InChI is InChI=1S/C24H30N2O3/c1-28-22-5-2-4-21-17-26(12-3-13-29-24(21)22)23(27)15-19-8-6-18(7-9-19)14-20-10-11-25-16-20/h2,4-9,20,25H,3,10-17H2,1H3. The number of ether oxygens (including phenoxy) is 2. The van der Waals surface area contributed by atoms with Gasteiger partial charge in [-0.25, -0.2) is 0 Å². The second-order valence-electron chi connectivity index (χ2n) is 8.02. The number of hydrogen-bond donors (Lipinski definition) is 1. The Kier molecular flexibility index (Phi) is 6.35. The molecule has 2 heterocycles. The van der Waals surface area contributed by atoms with Crippen LogP contribution in [0, 0.1) is 5.92 Å². The topological polar surface area (TPSA) is 50.8 Å². The number of hydrogen-bond acceptors (Lipinski definition) is 4. The van der Waals surface area contributed by atoms with Crippen molar-refractivity contribution in [2.75, 3.05) is 33.4 Å². The van der Waals surface area contributed by atoms with Gasteiger partial charge in [0.25, 0.3) is 0 Å². The lowest BCUT2D eigenvalue weighted by atomic mass is 9.97. The molecule has 0 saturated carbocycles. The second-order valence-corrected chi connectivity index (χ2v) is 8.02. The van der Waals surface area contributed by atoms with Crippen molar-refractivity contribution in [3.63, 3.8) is 0 Å². The van der Waals surface area contributed by atoms with Gasteiger partial charge in [0.1, 0.15) is 0 Å². The number of benzene rings is 2. The molecule has 1 unspecified atom stereocenters. The lowest BCUT2D eigenvalue weighted by Gasteiger charge is -2.27. The molecule has 1 N–H and O–H groups in total. The number of rotatable bonds is 5. The summed E-state index contributed by atoms with van der Waals surface area (Å²) >= 11 is 0.